The second kappa shape index (κ2) is 8.87. The molecule has 0 aliphatic rings. The summed E-state index contributed by atoms with van der Waals surface area (Å²) in [5.74, 6) is -0.360. The van der Waals surface area contributed by atoms with Gasteiger partial charge in [-0.3, -0.25) is 9.59 Å². The molecule has 1 atom stereocenters. The Morgan fingerprint density at radius 1 is 1.26 bits per heavy atom. The van der Waals surface area contributed by atoms with Crippen LogP contribution < -0.4 is 10.6 Å². The molecule has 6 nitrogen and oxygen atoms in total. The van der Waals surface area contributed by atoms with E-state index in [0.29, 0.717) is 26.2 Å². The lowest BCUT2D eigenvalue weighted by Crippen LogP contribution is -2.48. The van der Waals surface area contributed by atoms with Crippen molar-refractivity contribution >= 4 is 11.8 Å². The van der Waals surface area contributed by atoms with E-state index in [1.165, 1.54) is 0 Å². The topological polar surface area (TPSA) is 87.7 Å². The highest BCUT2D eigenvalue weighted by molar-refractivity contribution is 5.89. The molecule has 0 heterocycles. The number of carbonyl (C=O) groups excluding carboxylic acids is 2. The Morgan fingerprint density at radius 3 is 2.42 bits per heavy atom. The summed E-state index contributed by atoms with van der Waals surface area (Å²) in [4.78, 5) is 23.4. The normalized spacial score (nSPS) is 12.9. The number of aliphatic hydroxyl groups excluding tert-OH is 1. The van der Waals surface area contributed by atoms with E-state index >= 15 is 0 Å². The summed E-state index contributed by atoms with van der Waals surface area (Å²) in [6.45, 7) is 8.33. The molecule has 1 unspecified atom stereocenters. The van der Waals surface area contributed by atoms with Gasteiger partial charge in [-0.05, 0) is 13.3 Å². The van der Waals surface area contributed by atoms with Crippen LogP contribution in [-0.4, -0.2) is 49.3 Å². The Balaban J connectivity index is 3.80. The smallest absolute Gasteiger partial charge is 0.242 e. The molecular weight excluding hydrogens is 248 g/mol. The summed E-state index contributed by atoms with van der Waals surface area (Å²) >= 11 is 0. The van der Waals surface area contributed by atoms with Crippen molar-refractivity contribution in [3.63, 3.8) is 0 Å². The van der Waals surface area contributed by atoms with Crippen LogP contribution in [0.25, 0.3) is 0 Å². The van der Waals surface area contributed by atoms with Crippen molar-refractivity contribution in [2.24, 2.45) is 5.41 Å². The van der Waals surface area contributed by atoms with Crippen molar-refractivity contribution in [3.8, 4) is 0 Å². The molecule has 19 heavy (non-hydrogen) atoms. The van der Waals surface area contributed by atoms with Gasteiger partial charge in [-0.2, -0.15) is 0 Å². The van der Waals surface area contributed by atoms with Gasteiger partial charge in [0.1, 0.15) is 6.04 Å². The molecule has 0 aromatic heterocycles. The molecule has 2 amide bonds. The molecular formula is C13H26N2O4. The zero-order valence-electron chi connectivity index (χ0n) is 12.3. The Labute approximate surface area is 114 Å². The maximum absolute atomic E-state index is 11.7. The number of nitrogens with one attached hydrogen (secondary N) is 2. The summed E-state index contributed by atoms with van der Waals surface area (Å²) < 4.78 is 5.06. The molecule has 6 heteroatoms. The molecule has 112 valence electrons. The van der Waals surface area contributed by atoms with Crippen LogP contribution in [-0.2, 0) is 14.3 Å². The summed E-state index contributed by atoms with van der Waals surface area (Å²) in [6, 6.07) is -0.551. The number of hydrogen-bond donors (Lipinski definition) is 3. The van der Waals surface area contributed by atoms with Gasteiger partial charge in [-0.25, -0.2) is 0 Å². The largest absolute Gasteiger partial charge is 0.394 e. The number of ether oxygens (including phenoxy) is 1. The predicted molar refractivity (Wildman–Crippen MR) is 72.6 cm³/mol. The quantitative estimate of drug-likeness (QED) is 0.546. The van der Waals surface area contributed by atoms with Crippen molar-refractivity contribution in [2.45, 2.75) is 40.2 Å². The Kier molecular flexibility index (Phi) is 8.34. The summed E-state index contributed by atoms with van der Waals surface area (Å²) in [6.07, 6.45) is 0.672. The van der Waals surface area contributed by atoms with Gasteiger partial charge in [-0.15, -0.1) is 0 Å². The molecule has 3 N–H and O–H groups in total. The summed E-state index contributed by atoms with van der Waals surface area (Å²) in [5.41, 5.74) is -0.507. The highest BCUT2D eigenvalue weighted by Gasteiger charge is 2.24. The molecule has 0 spiro atoms. The lowest BCUT2D eigenvalue weighted by molar-refractivity contribution is -0.133. The van der Waals surface area contributed by atoms with E-state index in [0.717, 1.165) is 0 Å². The maximum Gasteiger partial charge on any atom is 0.242 e. The van der Waals surface area contributed by atoms with Gasteiger partial charge < -0.3 is 20.5 Å². The van der Waals surface area contributed by atoms with Gasteiger partial charge >= 0.3 is 0 Å². The molecule has 0 saturated carbocycles. The van der Waals surface area contributed by atoms with Crippen LogP contribution in [0.15, 0.2) is 0 Å². The van der Waals surface area contributed by atoms with Crippen LogP contribution in [0.1, 0.15) is 34.1 Å². The molecule has 0 aliphatic carbocycles. The molecule has 0 aliphatic heterocycles. The van der Waals surface area contributed by atoms with Gasteiger partial charge in [-0.1, -0.05) is 20.8 Å². The van der Waals surface area contributed by atoms with Crippen LogP contribution in [0.5, 0.6) is 0 Å². The van der Waals surface area contributed by atoms with Gasteiger partial charge in [0.25, 0.3) is 0 Å². The summed E-state index contributed by atoms with van der Waals surface area (Å²) in [5, 5.41) is 13.9. The second-order valence-corrected chi connectivity index (χ2v) is 5.43. The van der Waals surface area contributed by atoms with Crippen molar-refractivity contribution < 1.29 is 19.4 Å². The zero-order valence-corrected chi connectivity index (χ0v) is 12.3. The number of rotatable bonds is 8. The van der Waals surface area contributed by atoms with E-state index in [1.54, 1.807) is 27.7 Å². The molecule has 0 radical (unpaired) electrons. The monoisotopic (exact) mass is 274 g/mol. The molecule has 0 bridgehead atoms. The standard InChI is InChI=1S/C13H26N2O4/c1-10(15-12(18)13(2,3)4)11(17)14-6-5-8-19-9-7-16/h10,16H,5-9H2,1-4H3,(H,14,17)(H,15,18). The molecule has 0 rings (SSSR count). The van der Waals surface area contributed by atoms with Crippen molar-refractivity contribution in [2.75, 3.05) is 26.4 Å². The Hall–Kier alpha value is -1.14. The number of hydrogen-bond acceptors (Lipinski definition) is 4. The van der Waals surface area contributed by atoms with Crippen molar-refractivity contribution in [1.29, 1.82) is 0 Å². The highest BCUT2D eigenvalue weighted by Crippen LogP contribution is 2.12. The van der Waals surface area contributed by atoms with Crippen LogP contribution >= 0.6 is 0 Å². The van der Waals surface area contributed by atoms with Crippen LogP contribution in [0.3, 0.4) is 0 Å². The number of aliphatic hydroxyl groups is 1. The molecule has 0 saturated heterocycles. The van der Waals surface area contributed by atoms with Gasteiger partial charge in [0.05, 0.1) is 13.2 Å². The second-order valence-electron chi connectivity index (χ2n) is 5.43. The minimum absolute atomic E-state index is 0.00221. The molecule has 0 aromatic rings. The van der Waals surface area contributed by atoms with Crippen LogP contribution in [0, 0.1) is 5.41 Å². The fourth-order valence-electron chi connectivity index (χ4n) is 1.18. The average molecular weight is 274 g/mol. The fourth-order valence-corrected chi connectivity index (χ4v) is 1.18. The first kappa shape index (κ1) is 17.9. The van der Waals surface area contributed by atoms with E-state index in [1.807, 2.05) is 0 Å². The number of carbonyl (C=O) groups is 2. The zero-order chi connectivity index (χ0) is 14.9. The van der Waals surface area contributed by atoms with E-state index in [4.69, 9.17) is 9.84 Å². The Bertz CT molecular complexity index is 287. The third-order valence-electron chi connectivity index (χ3n) is 2.42. The van der Waals surface area contributed by atoms with Crippen molar-refractivity contribution in [3.05, 3.63) is 0 Å². The first-order valence-corrected chi connectivity index (χ1v) is 6.56. The van der Waals surface area contributed by atoms with Crippen LogP contribution in [0.4, 0.5) is 0 Å². The van der Waals surface area contributed by atoms with Gasteiger partial charge in [0, 0.05) is 18.6 Å². The first-order chi connectivity index (χ1) is 8.79. The van der Waals surface area contributed by atoms with Crippen molar-refractivity contribution in [1.82, 2.24) is 10.6 Å². The van der Waals surface area contributed by atoms with E-state index in [-0.39, 0.29) is 18.4 Å². The fraction of sp³-hybridized carbons (Fsp3) is 0.846. The SMILES string of the molecule is CC(NC(=O)C(C)(C)C)C(=O)NCCCOCCO. The third-order valence-corrected chi connectivity index (χ3v) is 2.42. The lowest BCUT2D eigenvalue weighted by atomic mass is 9.95. The molecule has 0 aromatic carbocycles. The number of amides is 2. The van der Waals surface area contributed by atoms with Gasteiger partial charge in [0.2, 0.25) is 11.8 Å². The summed E-state index contributed by atoms with van der Waals surface area (Å²) in [7, 11) is 0. The predicted octanol–water partition coefficient (Wildman–Crippen LogP) is 0.0524. The lowest BCUT2D eigenvalue weighted by Gasteiger charge is -2.21. The third kappa shape index (κ3) is 8.56. The molecule has 0 fully saturated rings. The minimum atomic E-state index is -0.551. The van der Waals surface area contributed by atoms with Crippen LogP contribution in [0.2, 0.25) is 0 Å². The minimum Gasteiger partial charge on any atom is -0.394 e. The van der Waals surface area contributed by atoms with E-state index in [9.17, 15) is 9.59 Å². The van der Waals surface area contributed by atoms with E-state index in [2.05, 4.69) is 10.6 Å². The van der Waals surface area contributed by atoms with E-state index < -0.39 is 11.5 Å². The first-order valence-electron chi connectivity index (χ1n) is 6.56. The highest BCUT2D eigenvalue weighted by atomic mass is 16.5. The maximum atomic E-state index is 11.7. The Morgan fingerprint density at radius 2 is 1.89 bits per heavy atom. The average Bonchev–Trinajstić information content (AvgIpc) is 2.31. The van der Waals surface area contributed by atoms with Gasteiger partial charge in [0.15, 0.2) is 0 Å².